The van der Waals surface area contributed by atoms with Gasteiger partial charge in [-0.1, -0.05) is 35.9 Å². The van der Waals surface area contributed by atoms with E-state index in [0.29, 0.717) is 16.8 Å². The van der Waals surface area contributed by atoms with E-state index < -0.39 is 6.10 Å². The first-order chi connectivity index (χ1) is 11.3. The molecular formula is C19H24BrCl2NOS. The number of β-amino-alcohol motifs (C(OH)–C–C–N with tert-alkyl or cyclic N) is 1. The molecule has 1 atom stereocenters. The molecule has 1 aliphatic rings. The van der Waals surface area contributed by atoms with Crippen molar-refractivity contribution < 1.29 is 5.11 Å². The van der Waals surface area contributed by atoms with Crippen LogP contribution in [-0.2, 0) is 12.8 Å². The van der Waals surface area contributed by atoms with Crippen molar-refractivity contribution in [1.82, 2.24) is 5.32 Å². The minimum atomic E-state index is -0.529. The number of hydrogen-bond acceptors (Lipinski definition) is 3. The molecule has 1 unspecified atom stereocenters. The molecule has 0 spiro atoms. The zero-order valence-corrected chi connectivity index (χ0v) is 18.4. The maximum atomic E-state index is 10.4. The molecule has 0 saturated heterocycles. The molecule has 0 saturated carbocycles. The molecule has 25 heavy (non-hydrogen) atoms. The van der Waals surface area contributed by atoms with Crippen LogP contribution in [0.15, 0.2) is 34.8 Å². The lowest BCUT2D eigenvalue weighted by atomic mass is 9.88. The molecular weight excluding hydrogens is 441 g/mol. The van der Waals surface area contributed by atoms with E-state index in [4.69, 9.17) is 11.6 Å². The van der Waals surface area contributed by atoms with E-state index in [9.17, 15) is 5.11 Å². The van der Waals surface area contributed by atoms with Crippen LogP contribution in [0, 0.1) is 5.92 Å². The normalized spacial score (nSPS) is 15.7. The quantitative estimate of drug-likeness (QED) is 0.566. The highest BCUT2D eigenvalue weighted by atomic mass is 79.9. The van der Waals surface area contributed by atoms with Crippen molar-refractivity contribution in [3.8, 4) is 0 Å². The number of fused-ring (bicyclic) bond motifs is 1. The third-order valence-electron chi connectivity index (χ3n) is 4.70. The summed E-state index contributed by atoms with van der Waals surface area (Å²) < 4.78 is 1.54. The standard InChI is InChI=1S/C19H23BrClNOS.ClH/c1-19(2,10-12-7-13-5-3-4-6-14(13)8-12)22-11-16(23)17-9-15(20)18(21)24-17;/h3-6,9,12,16,22-23H,7-8,10-11H2,1-2H3;1H. The zero-order chi connectivity index (χ0) is 17.3. The zero-order valence-electron chi connectivity index (χ0n) is 14.4. The van der Waals surface area contributed by atoms with Crippen molar-refractivity contribution in [3.05, 3.63) is 55.1 Å². The maximum absolute atomic E-state index is 10.4. The van der Waals surface area contributed by atoms with Gasteiger partial charge in [0, 0.05) is 21.4 Å². The number of rotatable bonds is 6. The number of nitrogens with one attached hydrogen (secondary N) is 1. The highest BCUT2D eigenvalue weighted by molar-refractivity contribution is 9.10. The summed E-state index contributed by atoms with van der Waals surface area (Å²) in [7, 11) is 0. The van der Waals surface area contributed by atoms with Gasteiger partial charge in [0.25, 0.3) is 0 Å². The Balaban J connectivity index is 0.00000225. The number of hydrogen-bond donors (Lipinski definition) is 2. The van der Waals surface area contributed by atoms with Gasteiger partial charge in [-0.2, -0.15) is 0 Å². The van der Waals surface area contributed by atoms with Crippen molar-refractivity contribution in [3.63, 3.8) is 0 Å². The molecule has 2 aromatic rings. The van der Waals surface area contributed by atoms with Crippen molar-refractivity contribution in [2.75, 3.05) is 6.54 Å². The summed E-state index contributed by atoms with van der Waals surface area (Å²) >= 11 is 10.9. The molecule has 0 fully saturated rings. The molecule has 3 rings (SSSR count). The van der Waals surface area contributed by atoms with E-state index in [1.54, 1.807) is 0 Å². The molecule has 1 aliphatic carbocycles. The minimum absolute atomic E-state index is 0. The van der Waals surface area contributed by atoms with Crippen LogP contribution in [0.25, 0.3) is 0 Å². The van der Waals surface area contributed by atoms with E-state index in [0.717, 1.165) is 28.6 Å². The van der Waals surface area contributed by atoms with Gasteiger partial charge in [0.1, 0.15) is 10.4 Å². The van der Waals surface area contributed by atoms with Gasteiger partial charge in [-0.3, -0.25) is 0 Å². The average Bonchev–Trinajstić information content (AvgIpc) is 3.07. The summed E-state index contributed by atoms with van der Waals surface area (Å²) in [5.74, 6) is 0.673. The van der Waals surface area contributed by atoms with E-state index in [1.807, 2.05) is 6.07 Å². The molecule has 6 heteroatoms. The number of halogens is 3. The van der Waals surface area contributed by atoms with Crippen LogP contribution < -0.4 is 5.32 Å². The molecule has 138 valence electrons. The highest BCUT2D eigenvalue weighted by Crippen LogP contribution is 2.35. The Kier molecular flexibility index (Phi) is 7.40. The fourth-order valence-electron chi connectivity index (χ4n) is 3.59. The summed E-state index contributed by atoms with van der Waals surface area (Å²) in [4.78, 5) is 0.892. The second kappa shape index (κ2) is 8.73. The van der Waals surface area contributed by atoms with Crippen molar-refractivity contribution >= 4 is 51.3 Å². The topological polar surface area (TPSA) is 32.3 Å². The largest absolute Gasteiger partial charge is 0.386 e. The van der Waals surface area contributed by atoms with Crippen LogP contribution in [-0.4, -0.2) is 17.2 Å². The molecule has 1 aromatic heterocycles. The lowest BCUT2D eigenvalue weighted by Crippen LogP contribution is -2.43. The minimum Gasteiger partial charge on any atom is -0.386 e. The maximum Gasteiger partial charge on any atom is 0.107 e. The SMILES string of the molecule is CC(C)(CC1Cc2ccccc2C1)NCC(O)c1cc(Br)c(Cl)s1.Cl. The van der Waals surface area contributed by atoms with Gasteiger partial charge < -0.3 is 10.4 Å². The summed E-state index contributed by atoms with van der Waals surface area (Å²) in [6.07, 6.45) is 2.90. The van der Waals surface area contributed by atoms with Crippen LogP contribution >= 0.6 is 51.3 Å². The van der Waals surface area contributed by atoms with Crippen molar-refractivity contribution in [1.29, 1.82) is 0 Å². The Morgan fingerprint density at radius 2 is 1.92 bits per heavy atom. The summed E-state index contributed by atoms with van der Waals surface area (Å²) in [6.45, 7) is 4.98. The Bertz CT molecular complexity index is 675. The Morgan fingerprint density at radius 1 is 1.32 bits per heavy atom. The predicted molar refractivity (Wildman–Crippen MR) is 113 cm³/mol. The van der Waals surface area contributed by atoms with Crippen LogP contribution in [0.2, 0.25) is 4.34 Å². The molecule has 0 amide bonds. The smallest absolute Gasteiger partial charge is 0.107 e. The Labute approximate surface area is 173 Å². The number of aliphatic hydroxyl groups is 1. The molecule has 1 heterocycles. The van der Waals surface area contributed by atoms with Gasteiger partial charge in [-0.05, 0) is 72.2 Å². The van der Waals surface area contributed by atoms with Crippen LogP contribution in [0.1, 0.15) is 42.4 Å². The highest BCUT2D eigenvalue weighted by Gasteiger charge is 2.28. The van der Waals surface area contributed by atoms with Crippen LogP contribution in [0.4, 0.5) is 0 Å². The number of aliphatic hydroxyl groups excluding tert-OH is 1. The lowest BCUT2D eigenvalue weighted by Gasteiger charge is -2.30. The van der Waals surface area contributed by atoms with Crippen molar-refractivity contribution in [2.24, 2.45) is 5.92 Å². The third-order valence-corrected chi connectivity index (χ3v) is 7.28. The molecule has 0 radical (unpaired) electrons. The molecule has 2 N–H and O–H groups in total. The summed E-state index contributed by atoms with van der Waals surface area (Å²) in [6, 6.07) is 10.7. The lowest BCUT2D eigenvalue weighted by molar-refractivity contribution is 0.158. The van der Waals surface area contributed by atoms with Gasteiger partial charge in [-0.25, -0.2) is 0 Å². The average molecular weight is 465 g/mol. The number of thiophene rings is 1. The van der Waals surface area contributed by atoms with E-state index >= 15 is 0 Å². The van der Waals surface area contributed by atoms with Gasteiger partial charge in [0.05, 0.1) is 0 Å². The third kappa shape index (κ3) is 5.44. The summed E-state index contributed by atoms with van der Waals surface area (Å²) in [5.41, 5.74) is 2.99. The molecule has 0 aliphatic heterocycles. The Morgan fingerprint density at radius 3 is 2.44 bits per heavy atom. The van der Waals surface area contributed by atoms with E-state index in [1.165, 1.54) is 22.5 Å². The fraction of sp³-hybridized carbons (Fsp3) is 0.474. The van der Waals surface area contributed by atoms with Gasteiger partial charge >= 0.3 is 0 Å². The Hall–Kier alpha value is -0.100. The second-order valence-electron chi connectivity index (χ2n) is 7.30. The second-order valence-corrected chi connectivity index (χ2v) is 9.84. The van der Waals surface area contributed by atoms with Crippen molar-refractivity contribution in [2.45, 2.75) is 44.8 Å². The molecule has 1 aromatic carbocycles. The van der Waals surface area contributed by atoms with Gasteiger partial charge in [0.2, 0.25) is 0 Å². The van der Waals surface area contributed by atoms with Gasteiger partial charge in [-0.15, -0.1) is 23.7 Å². The van der Waals surface area contributed by atoms with E-state index in [-0.39, 0.29) is 17.9 Å². The monoisotopic (exact) mass is 463 g/mol. The van der Waals surface area contributed by atoms with Crippen LogP contribution in [0.5, 0.6) is 0 Å². The first-order valence-electron chi connectivity index (χ1n) is 8.28. The van der Waals surface area contributed by atoms with Gasteiger partial charge in [0.15, 0.2) is 0 Å². The summed E-state index contributed by atoms with van der Waals surface area (Å²) in [5, 5.41) is 13.9. The first-order valence-corrected chi connectivity index (χ1v) is 10.3. The molecule has 0 bridgehead atoms. The van der Waals surface area contributed by atoms with Crippen LogP contribution in [0.3, 0.4) is 0 Å². The first kappa shape index (κ1) is 21.2. The number of benzene rings is 1. The fourth-order valence-corrected chi connectivity index (χ4v) is 5.31. The van der Waals surface area contributed by atoms with E-state index in [2.05, 4.69) is 59.4 Å². The predicted octanol–water partition coefficient (Wildman–Crippen LogP) is 5.79. The molecule has 2 nitrogen and oxygen atoms in total.